The molecule has 0 saturated carbocycles. The Morgan fingerprint density at radius 1 is 1.23 bits per heavy atom. The fourth-order valence-electron chi connectivity index (χ4n) is 0.757. The summed E-state index contributed by atoms with van der Waals surface area (Å²) >= 11 is 0. The molecule has 1 aromatic carbocycles. The van der Waals surface area contributed by atoms with Gasteiger partial charge in [0.25, 0.3) is 0 Å². The SMILES string of the molecule is OCC1CO1.OCc1ccccc1. The fourth-order valence-corrected chi connectivity index (χ4v) is 0.757. The highest BCUT2D eigenvalue weighted by Gasteiger charge is 2.19. The smallest absolute Gasteiger partial charge is 0.104 e. The number of hydrogen-bond donors (Lipinski definition) is 2. The molecule has 0 aromatic heterocycles. The largest absolute Gasteiger partial charge is 0.394 e. The van der Waals surface area contributed by atoms with Crippen molar-refractivity contribution in [2.75, 3.05) is 13.2 Å². The number of epoxide rings is 1. The molecule has 1 aliphatic rings. The zero-order chi connectivity index (χ0) is 9.52. The van der Waals surface area contributed by atoms with Crippen LogP contribution < -0.4 is 0 Å². The van der Waals surface area contributed by atoms with Crippen LogP contribution in [0.3, 0.4) is 0 Å². The minimum atomic E-state index is 0.140. The molecule has 0 radical (unpaired) electrons. The van der Waals surface area contributed by atoms with Gasteiger partial charge in [0, 0.05) is 0 Å². The number of rotatable bonds is 2. The number of benzene rings is 1. The van der Waals surface area contributed by atoms with Gasteiger partial charge in [0.05, 0.1) is 19.8 Å². The molecule has 0 spiro atoms. The summed E-state index contributed by atoms with van der Waals surface area (Å²) < 4.78 is 4.61. The van der Waals surface area contributed by atoms with Gasteiger partial charge in [0.15, 0.2) is 0 Å². The third-order valence-electron chi connectivity index (χ3n) is 1.63. The van der Waals surface area contributed by atoms with E-state index in [1.165, 1.54) is 0 Å². The average Bonchev–Trinajstić information content (AvgIpc) is 3.03. The maximum Gasteiger partial charge on any atom is 0.104 e. The van der Waals surface area contributed by atoms with Crippen molar-refractivity contribution in [1.29, 1.82) is 0 Å². The van der Waals surface area contributed by atoms with Crippen molar-refractivity contribution in [1.82, 2.24) is 0 Å². The van der Waals surface area contributed by atoms with E-state index in [-0.39, 0.29) is 19.3 Å². The van der Waals surface area contributed by atoms with E-state index in [9.17, 15) is 0 Å². The Bertz CT molecular complexity index is 219. The van der Waals surface area contributed by atoms with E-state index in [0.29, 0.717) is 0 Å². The van der Waals surface area contributed by atoms with Gasteiger partial charge in [-0.2, -0.15) is 0 Å². The first-order valence-corrected chi connectivity index (χ1v) is 4.24. The predicted molar refractivity (Wildman–Crippen MR) is 49.2 cm³/mol. The van der Waals surface area contributed by atoms with Gasteiger partial charge in [-0.3, -0.25) is 0 Å². The van der Waals surface area contributed by atoms with Crippen LogP contribution in [0.25, 0.3) is 0 Å². The van der Waals surface area contributed by atoms with Crippen LogP contribution in [0.2, 0.25) is 0 Å². The van der Waals surface area contributed by atoms with Crippen LogP contribution in [0.15, 0.2) is 30.3 Å². The summed E-state index contributed by atoms with van der Waals surface area (Å²) in [6.45, 7) is 1.09. The van der Waals surface area contributed by atoms with Crippen molar-refractivity contribution < 1.29 is 14.9 Å². The Morgan fingerprint density at radius 3 is 2.08 bits per heavy atom. The highest BCUT2D eigenvalue weighted by Crippen LogP contribution is 2.04. The molecule has 13 heavy (non-hydrogen) atoms. The number of aliphatic hydroxyl groups is 2. The van der Waals surface area contributed by atoms with Gasteiger partial charge in [0.1, 0.15) is 6.10 Å². The van der Waals surface area contributed by atoms with E-state index in [2.05, 4.69) is 4.74 Å². The zero-order valence-corrected chi connectivity index (χ0v) is 7.39. The molecule has 72 valence electrons. The second-order valence-corrected chi connectivity index (χ2v) is 2.78. The van der Waals surface area contributed by atoms with Crippen LogP contribution in [-0.4, -0.2) is 29.5 Å². The zero-order valence-electron chi connectivity index (χ0n) is 7.39. The molecule has 1 fully saturated rings. The van der Waals surface area contributed by atoms with Crippen molar-refractivity contribution in [2.24, 2.45) is 0 Å². The Labute approximate surface area is 77.6 Å². The van der Waals surface area contributed by atoms with Crippen LogP contribution in [0.5, 0.6) is 0 Å². The summed E-state index contributed by atoms with van der Waals surface area (Å²) in [6, 6.07) is 9.52. The minimum absolute atomic E-state index is 0.140. The normalized spacial score (nSPS) is 18.8. The van der Waals surface area contributed by atoms with Gasteiger partial charge in [0.2, 0.25) is 0 Å². The molecule has 1 saturated heterocycles. The van der Waals surface area contributed by atoms with E-state index in [1.54, 1.807) is 0 Å². The summed E-state index contributed by atoms with van der Waals surface area (Å²) in [6.07, 6.45) is 0.190. The Balaban J connectivity index is 0.000000145. The van der Waals surface area contributed by atoms with E-state index in [0.717, 1.165) is 12.2 Å². The van der Waals surface area contributed by atoms with Gasteiger partial charge >= 0.3 is 0 Å². The summed E-state index contributed by atoms with van der Waals surface area (Å²) in [7, 11) is 0. The molecular weight excluding hydrogens is 168 g/mol. The number of hydrogen-bond acceptors (Lipinski definition) is 3. The van der Waals surface area contributed by atoms with Crippen LogP contribution >= 0.6 is 0 Å². The molecule has 3 heteroatoms. The fraction of sp³-hybridized carbons (Fsp3) is 0.400. The second kappa shape index (κ2) is 5.70. The molecular formula is C10H14O3. The molecule has 0 bridgehead atoms. The van der Waals surface area contributed by atoms with Crippen molar-refractivity contribution in [3.63, 3.8) is 0 Å². The lowest BCUT2D eigenvalue weighted by Crippen LogP contribution is -1.88. The molecule has 1 unspecified atom stereocenters. The Hall–Kier alpha value is -0.900. The predicted octanol–water partition coefficient (Wildman–Crippen LogP) is 0.556. The van der Waals surface area contributed by atoms with Crippen LogP contribution in [0.4, 0.5) is 0 Å². The third kappa shape index (κ3) is 4.62. The van der Waals surface area contributed by atoms with E-state index >= 15 is 0 Å². The van der Waals surface area contributed by atoms with Crippen molar-refractivity contribution in [2.45, 2.75) is 12.7 Å². The summed E-state index contributed by atoms with van der Waals surface area (Å²) in [4.78, 5) is 0. The maximum atomic E-state index is 8.54. The molecule has 2 N–H and O–H groups in total. The summed E-state index contributed by atoms with van der Waals surface area (Å²) in [5, 5.41) is 16.6. The van der Waals surface area contributed by atoms with Gasteiger partial charge in [-0.1, -0.05) is 30.3 Å². The van der Waals surface area contributed by atoms with Crippen LogP contribution in [-0.2, 0) is 11.3 Å². The number of aliphatic hydroxyl groups excluding tert-OH is 2. The van der Waals surface area contributed by atoms with E-state index in [4.69, 9.17) is 10.2 Å². The van der Waals surface area contributed by atoms with Crippen LogP contribution in [0.1, 0.15) is 5.56 Å². The van der Waals surface area contributed by atoms with Gasteiger partial charge in [-0.25, -0.2) is 0 Å². The molecule has 0 aliphatic carbocycles. The van der Waals surface area contributed by atoms with Crippen molar-refractivity contribution in [3.05, 3.63) is 35.9 Å². The second-order valence-electron chi connectivity index (χ2n) is 2.78. The first-order valence-electron chi connectivity index (χ1n) is 4.24. The molecule has 1 heterocycles. The Kier molecular flexibility index (Phi) is 4.46. The molecule has 0 amide bonds. The first-order chi connectivity index (χ1) is 6.36. The topological polar surface area (TPSA) is 53.0 Å². The standard InChI is InChI=1S/C7H8O.C3H6O2/c8-6-7-4-2-1-3-5-7;4-1-3-2-5-3/h1-5,8H,6H2;3-4H,1-2H2. The molecule has 1 aliphatic heterocycles. The molecule has 3 nitrogen and oxygen atoms in total. The average molecular weight is 182 g/mol. The highest BCUT2D eigenvalue weighted by molar-refractivity contribution is 5.12. The van der Waals surface area contributed by atoms with Crippen LogP contribution in [0, 0.1) is 0 Å². The molecule has 2 rings (SSSR count). The quantitative estimate of drug-likeness (QED) is 0.657. The lowest BCUT2D eigenvalue weighted by Gasteiger charge is -1.89. The van der Waals surface area contributed by atoms with E-state index < -0.39 is 0 Å². The molecule has 1 aromatic rings. The van der Waals surface area contributed by atoms with E-state index in [1.807, 2.05) is 30.3 Å². The lowest BCUT2D eigenvalue weighted by molar-refractivity contribution is 0.244. The monoisotopic (exact) mass is 182 g/mol. The van der Waals surface area contributed by atoms with Crippen molar-refractivity contribution >= 4 is 0 Å². The first kappa shape index (κ1) is 10.2. The van der Waals surface area contributed by atoms with Gasteiger partial charge in [-0.05, 0) is 5.56 Å². The highest BCUT2D eigenvalue weighted by atomic mass is 16.6. The third-order valence-corrected chi connectivity index (χ3v) is 1.63. The lowest BCUT2D eigenvalue weighted by atomic mass is 10.2. The maximum absolute atomic E-state index is 8.54. The van der Waals surface area contributed by atoms with Gasteiger partial charge in [-0.15, -0.1) is 0 Å². The Morgan fingerprint density at radius 2 is 1.85 bits per heavy atom. The number of ether oxygens (including phenoxy) is 1. The summed E-state index contributed by atoms with van der Waals surface area (Å²) in [5.41, 5.74) is 0.965. The van der Waals surface area contributed by atoms with Gasteiger partial charge < -0.3 is 14.9 Å². The molecule has 1 atom stereocenters. The van der Waals surface area contributed by atoms with Crippen molar-refractivity contribution in [3.8, 4) is 0 Å². The summed E-state index contributed by atoms with van der Waals surface area (Å²) in [5.74, 6) is 0. The minimum Gasteiger partial charge on any atom is -0.394 e.